The summed E-state index contributed by atoms with van der Waals surface area (Å²) in [5, 5.41) is 0. The van der Waals surface area contributed by atoms with Gasteiger partial charge in [-0.3, -0.25) is 9.59 Å². The number of hydrogen-bond acceptors (Lipinski definition) is 3. The van der Waals surface area contributed by atoms with Crippen LogP contribution in [0.2, 0.25) is 0 Å². The Morgan fingerprint density at radius 1 is 1.44 bits per heavy atom. The Morgan fingerprint density at radius 2 is 2.11 bits per heavy atom. The van der Waals surface area contributed by atoms with E-state index in [1.165, 1.54) is 0 Å². The van der Waals surface area contributed by atoms with Gasteiger partial charge in [0.05, 0.1) is 5.69 Å². The number of carbonyl (C=O) groups is 2. The number of anilines is 1. The van der Waals surface area contributed by atoms with Crippen LogP contribution >= 0.6 is 0 Å². The van der Waals surface area contributed by atoms with Crippen LogP contribution in [0.4, 0.5) is 5.69 Å². The van der Waals surface area contributed by atoms with Crippen LogP contribution in [-0.2, 0) is 4.79 Å². The highest BCUT2D eigenvalue weighted by Crippen LogP contribution is 2.35. The molecule has 0 bridgehead atoms. The maximum atomic E-state index is 12.1. The minimum Gasteiger partial charge on any atom is -0.479 e. The van der Waals surface area contributed by atoms with Crippen molar-refractivity contribution < 1.29 is 14.3 Å². The third kappa shape index (κ3) is 1.92. The molecule has 0 saturated heterocycles. The first-order valence-corrected chi connectivity index (χ1v) is 5.85. The number of nitrogens with two attached hydrogens (primary N) is 1. The maximum Gasteiger partial charge on any atom is 0.268 e. The summed E-state index contributed by atoms with van der Waals surface area (Å²) >= 11 is 0. The molecule has 5 heteroatoms. The number of hydrogen-bond donors (Lipinski definition) is 1. The highest BCUT2D eigenvalue weighted by atomic mass is 16.5. The number of amides is 2. The Hall–Kier alpha value is -2.04. The van der Waals surface area contributed by atoms with E-state index in [1.54, 1.807) is 30.0 Å². The van der Waals surface area contributed by atoms with Gasteiger partial charge < -0.3 is 15.4 Å². The predicted molar refractivity (Wildman–Crippen MR) is 67.7 cm³/mol. The van der Waals surface area contributed by atoms with Crippen LogP contribution in [0, 0.1) is 0 Å². The van der Waals surface area contributed by atoms with E-state index in [2.05, 4.69) is 0 Å². The first kappa shape index (κ1) is 12.4. The first-order valence-electron chi connectivity index (χ1n) is 5.85. The molecular formula is C13H16N2O3. The van der Waals surface area contributed by atoms with E-state index < -0.39 is 12.0 Å². The van der Waals surface area contributed by atoms with Gasteiger partial charge in [0.1, 0.15) is 5.75 Å². The zero-order chi connectivity index (χ0) is 13.4. The number of nitrogens with zero attached hydrogens (tertiary/aromatic N) is 1. The molecule has 2 rings (SSSR count). The van der Waals surface area contributed by atoms with Crippen molar-refractivity contribution in [3.05, 3.63) is 23.8 Å². The van der Waals surface area contributed by atoms with Gasteiger partial charge in [0.25, 0.3) is 5.91 Å². The first-order chi connectivity index (χ1) is 8.41. The molecule has 18 heavy (non-hydrogen) atoms. The lowest BCUT2D eigenvalue weighted by molar-refractivity contribution is -0.125. The molecule has 2 amide bonds. The molecule has 1 aliphatic rings. The summed E-state index contributed by atoms with van der Waals surface area (Å²) in [5.74, 6) is -0.0347. The number of ether oxygens (including phenoxy) is 1. The molecule has 0 aromatic heterocycles. The molecule has 0 aliphatic carbocycles. The molecule has 1 aromatic rings. The standard InChI is InChI=1S/C13H16N2O3/c1-7(2)15-10-6-9(12(14)16)4-5-11(10)18-8(3)13(15)17/h4-8H,1-3H3,(H2,14,16). The van der Waals surface area contributed by atoms with E-state index in [0.717, 1.165) is 0 Å². The fourth-order valence-corrected chi connectivity index (χ4v) is 2.05. The number of benzene rings is 1. The number of carbonyl (C=O) groups excluding carboxylic acids is 2. The second kappa shape index (κ2) is 4.33. The molecular weight excluding hydrogens is 232 g/mol. The molecule has 1 atom stereocenters. The van der Waals surface area contributed by atoms with Gasteiger partial charge >= 0.3 is 0 Å². The lowest BCUT2D eigenvalue weighted by atomic mass is 10.1. The summed E-state index contributed by atoms with van der Waals surface area (Å²) < 4.78 is 5.52. The van der Waals surface area contributed by atoms with Crippen molar-refractivity contribution in [1.82, 2.24) is 0 Å². The van der Waals surface area contributed by atoms with E-state index in [9.17, 15) is 9.59 Å². The second-order valence-corrected chi connectivity index (χ2v) is 4.61. The SMILES string of the molecule is CC1Oc2ccc(C(N)=O)cc2N(C(C)C)C1=O. The van der Waals surface area contributed by atoms with E-state index >= 15 is 0 Å². The van der Waals surface area contributed by atoms with Crippen LogP contribution in [0.25, 0.3) is 0 Å². The summed E-state index contributed by atoms with van der Waals surface area (Å²) in [6.45, 7) is 5.54. The van der Waals surface area contributed by atoms with Crippen LogP contribution in [0.5, 0.6) is 5.75 Å². The Bertz CT molecular complexity index is 511. The largest absolute Gasteiger partial charge is 0.479 e. The fourth-order valence-electron chi connectivity index (χ4n) is 2.05. The molecule has 1 heterocycles. The van der Waals surface area contributed by atoms with Crippen molar-refractivity contribution in [2.45, 2.75) is 32.9 Å². The van der Waals surface area contributed by atoms with E-state index in [1.807, 2.05) is 13.8 Å². The van der Waals surface area contributed by atoms with Gasteiger partial charge in [0.2, 0.25) is 5.91 Å². The van der Waals surface area contributed by atoms with Crippen LogP contribution in [0.1, 0.15) is 31.1 Å². The maximum absolute atomic E-state index is 12.1. The van der Waals surface area contributed by atoms with Gasteiger partial charge in [-0.05, 0) is 39.0 Å². The molecule has 2 N–H and O–H groups in total. The number of primary amides is 1. The molecule has 1 aromatic carbocycles. The summed E-state index contributed by atoms with van der Waals surface area (Å²) in [6.07, 6.45) is -0.515. The number of fused-ring (bicyclic) bond motifs is 1. The highest BCUT2D eigenvalue weighted by molar-refractivity contribution is 6.02. The van der Waals surface area contributed by atoms with E-state index in [-0.39, 0.29) is 11.9 Å². The van der Waals surface area contributed by atoms with Gasteiger partial charge in [0, 0.05) is 11.6 Å². The third-order valence-corrected chi connectivity index (χ3v) is 2.91. The summed E-state index contributed by atoms with van der Waals surface area (Å²) in [7, 11) is 0. The van der Waals surface area contributed by atoms with Gasteiger partial charge in [-0.2, -0.15) is 0 Å². The van der Waals surface area contributed by atoms with E-state index in [0.29, 0.717) is 17.0 Å². The van der Waals surface area contributed by atoms with Crippen molar-refractivity contribution in [3.8, 4) is 5.75 Å². The second-order valence-electron chi connectivity index (χ2n) is 4.61. The molecule has 0 fully saturated rings. The summed E-state index contributed by atoms with van der Waals surface area (Å²) in [5.41, 5.74) is 6.21. The third-order valence-electron chi connectivity index (χ3n) is 2.91. The fraction of sp³-hybridized carbons (Fsp3) is 0.385. The predicted octanol–water partition coefficient (Wildman–Crippen LogP) is 1.31. The Balaban J connectivity index is 2.55. The summed E-state index contributed by atoms with van der Waals surface area (Å²) in [6, 6.07) is 4.86. The van der Waals surface area contributed by atoms with Crippen molar-refractivity contribution in [2.24, 2.45) is 5.73 Å². The molecule has 0 radical (unpaired) electrons. The van der Waals surface area contributed by atoms with Gasteiger partial charge in [-0.25, -0.2) is 0 Å². The Morgan fingerprint density at radius 3 is 2.67 bits per heavy atom. The lowest BCUT2D eigenvalue weighted by Gasteiger charge is -2.35. The van der Waals surface area contributed by atoms with Crippen molar-refractivity contribution in [2.75, 3.05) is 4.90 Å². The lowest BCUT2D eigenvalue weighted by Crippen LogP contribution is -2.48. The molecule has 0 spiro atoms. The average Bonchev–Trinajstić information content (AvgIpc) is 2.29. The zero-order valence-corrected chi connectivity index (χ0v) is 10.6. The molecule has 1 unspecified atom stereocenters. The Labute approximate surface area is 106 Å². The van der Waals surface area contributed by atoms with Crippen molar-refractivity contribution >= 4 is 17.5 Å². The minimum atomic E-state index is -0.521. The smallest absolute Gasteiger partial charge is 0.268 e. The molecule has 1 aliphatic heterocycles. The average molecular weight is 248 g/mol. The molecule has 96 valence electrons. The van der Waals surface area contributed by atoms with Gasteiger partial charge in [-0.1, -0.05) is 0 Å². The van der Waals surface area contributed by atoms with Crippen LogP contribution in [0.15, 0.2) is 18.2 Å². The van der Waals surface area contributed by atoms with Crippen LogP contribution in [-0.4, -0.2) is 24.0 Å². The topological polar surface area (TPSA) is 72.6 Å². The molecule has 5 nitrogen and oxygen atoms in total. The highest BCUT2D eigenvalue weighted by Gasteiger charge is 2.33. The zero-order valence-electron chi connectivity index (χ0n) is 10.6. The van der Waals surface area contributed by atoms with Crippen molar-refractivity contribution in [3.63, 3.8) is 0 Å². The van der Waals surface area contributed by atoms with Crippen molar-refractivity contribution in [1.29, 1.82) is 0 Å². The van der Waals surface area contributed by atoms with E-state index in [4.69, 9.17) is 10.5 Å². The van der Waals surface area contributed by atoms with Crippen LogP contribution in [0.3, 0.4) is 0 Å². The normalized spacial score (nSPS) is 18.6. The minimum absolute atomic E-state index is 0.00859. The van der Waals surface area contributed by atoms with Gasteiger partial charge in [-0.15, -0.1) is 0 Å². The molecule has 0 saturated carbocycles. The monoisotopic (exact) mass is 248 g/mol. The van der Waals surface area contributed by atoms with Gasteiger partial charge in [0.15, 0.2) is 6.10 Å². The van der Waals surface area contributed by atoms with Crippen LogP contribution < -0.4 is 15.4 Å². The Kier molecular flexibility index (Phi) is 2.98. The number of rotatable bonds is 2. The summed E-state index contributed by atoms with van der Waals surface area (Å²) in [4.78, 5) is 24.9. The quantitative estimate of drug-likeness (QED) is 0.857.